The Labute approximate surface area is 310 Å². The van der Waals surface area contributed by atoms with Gasteiger partial charge in [0.2, 0.25) is 0 Å². The van der Waals surface area contributed by atoms with E-state index in [0.29, 0.717) is 0 Å². The standard InChI is InChI=1S/C48H33NS.C2H6/c1-4-13-34(14-5-1)36-23-25-37(26-24-36)38-27-30-41(31-28-38)49(40-17-8-3-9-18-40)45-33-39(35-15-6-2-7-16-35)29-32-42(45)43-20-12-22-47-48(43)44-19-10-11-21-46(44)50-47;1-2/h1-33H;1-2H3. The van der Waals surface area contributed by atoms with Gasteiger partial charge in [0.1, 0.15) is 0 Å². The fourth-order valence-corrected chi connectivity index (χ4v) is 8.18. The lowest BCUT2D eigenvalue weighted by atomic mass is 9.94. The molecule has 8 aromatic carbocycles. The lowest BCUT2D eigenvalue weighted by molar-refractivity contribution is 1.28. The first-order valence-corrected chi connectivity index (χ1v) is 18.8. The summed E-state index contributed by atoms with van der Waals surface area (Å²) in [5.41, 5.74) is 13.0. The Morgan fingerprint density at radius 2 is 0.808 bits per heavy atom. The van der Waals surface area contributed by atoms with Crippen molar-refractivity contribution in [2.24, 2.45) is 0 Å². The zero-order valence-electron chi connectivity index (χ0n) is 29.4. The number of hydrogen-bond acceptors (Lipinski definition) is 2. The predicted octanol–water partition coefficient (Wildman–Crippen LogP) is 15.2. The maximum Gasteiger partial charge on any atom is 0.0546 e. The van der Waals surface area contributed by atoms with Crippen molar-refractivity contribution in [1.82, 2.24) is 0 Å². The van der Waals surface area contributed by atoms with Gasteiger partial charge >= 0.3 is 0 Å². The van der Waals surface area contributed by atoms with E-state index in [1.807, 2.05) is 25.2 Å². The number of hydrogen-bond donors (Lipinski definition) is 0. The average Bonchev–Trinajstić information content (AvgIpc) is 3.62. The molecule has 1 heterocycles. The summed E-state index contributed by atoms with van der Waals surface area (Å²) in [5.74, 6) is 0. The lowest BCUT2D eigenvalue weighted by Crippen LogP contribution is -2.11. The van der Waals surface area contributed by atoms with Gasteiger partial charge in [-0.05, 0) is 81.4 Å². The van der Waals surface area contributed by atoms with Gasteiger partial charge in [-0.3, -0.25) is 0 Å². The summed E-state index contributed by atoms with van der Waals surface area (Å²) in [6, 6.07) is 72.3. The van der Waals surface area contributed by atoms with Crippen LogP contribution in [0.2, 0.25) is 0 Å². The normalized spacial score (nSPS) is 10.9. The van der Waals surface area contributed by atoms with E-state index in [2.05, 4.69) is 205 Å². The van der Waals surface area contributed by atoms with Crippen LogP contribution in [0.1, 0.15) is 13.8 Å². The molecule has 9 rings (SSSR count). The van der Waals surface area contributed by atoms with Crippen LogP contribution in [0.3, 0.4) is 0 Å². The Hall–Kier alpha value is -6.22. The molecule has 0 aliphatic heterocycles. The number of anilines is 3. The molecule has 0 saturated heterocycles. The van der Waals surface area contributed by atoms with E-state index >= 15 is 0 Å². The molecule has 0 saturated carbocycles. The minimum absolute atomic E-state index is 1.11. The molecule has 0 spiro atoms. The van der Waals surface area contributed by atoms with Crippen molar-refractivity contribution < 1.29 is 0 Å². The Bertz CT molecular complexity index is 2550. The monoisotopic (exact) mass is 685 g/mol. The lowest BCUT2D eigenvalue weighted by Gasteiger charge is -2.29. The van der Waals surface area contributed by atoms with E-state index in [-0.39, 0.29) is 0 Å². The van der Waals surface area contributed by atoms with Gasteiger partial charge in [0.25, 0.3) is 0 Å². The summed E-state index contributed by atoms with van der Waals surface area (Å²) < 4.78 is 2.61. The molecule has 0 amide bonds. The first-order valence-electron chi connectivity index (χ1n) is 18.0. The molecule has 0 aliphatic carbocycles. The Morgan fingerprint density at radius 1 is 0.346 bits per heavy atom. The molecule has 0 unspecified atom stereocenters. The Kier molecular flexibility index (Phi) is 9.47. The largest absolute Gasteiger partial charge is 0.310 e. The molecule has 1 nitrogen and oxygen atoms in total. The van der Waals surface area contributed by atoms with Gasteiger partial charge in [0.05, 0.1) is 5.69 Å². The van der Waals surface area contributed by atoms with Gasteiger partial charge in [-0.2, -0.15) is 0 Å². The quantitative estimate of drug-likeness (QED) is 0.161. The predicted molar refractivity (Wildman–Crippen MR) is 227 cm³/mol. The van der Waals surface area contributed by atoms with E-state index < -0.39 is 0 Å². The fraction of sp³-hybridized carbons (Fsp3) is 0.0400. The van der Waals surface area contributed by atoms with Gasteiger partial charge < -0.3 is 4.90 Å². The van der Waals surface area contributed by atoms with Crippen LogP contribution < -0.4 is 4.90 Å². The third-order valence-electron chi connectivity index (χ3n) is 9.50. The van der Waals surface area contributed by atoms with Crippen LogP contribution in [0.15, 0.2) is 200 Å². The van der Waals surface area contributed by atoms with Crippen LogP contribution in [0, 0.1) is 0 Å². The van der Waals surface area contributed by atoms with Crippen LogP contribution in [-0.4, -0.2) is 0 Å². The second-order valence-corrected chi connectivity index (χ2v) is 13.6. The molecule has 0 fully saturated rings. The number of fused-ring (bicyclic) bond motifs is 3. The smallest absolute Gasteiger partial charge is 0.0546 e. The maximum atomic E-state index is 2.41. The summed E-state index contributed by atoms with van der Waals surface area (Å²) in [6.45, 7) is 4.00. The number of para-hydroxylation sites is 1. The van der Waals surface area contributed by atoms with E-state index in [9.17, 15) is 0 Å². The van der Waals surface area contributed by atoms with Crippen molar-refractivity contribution in [3.05, 3.63) is 200 Å². The van der Waals surface area contributed by atoms with E-state index in [0.717, 1.165) is 17.1 Å². The molecular weight excluding hydrogens is 647 g/mol. The van der Waals surface area contributed by atoms with Crippen LogP contribution >= 0.6 is 11.3 Å². The molecule has 52 heavy (non-hydrogen) atoms. The third-order valence-corrected chi connectivity index (χ3v) is 10.6. The van der Waals surface area contributed by atoms with Crippen molar-refractivity contribution in [2.45, 2.75) is 13.8 Å². The van der Waals surface area contributed by atoms with Gasteiger partial charge in [0, 0.05) is 37.1 Å². The number of thiophene rings is 1. The summed E-state index contributed by atoms with van der Waals surface area (Å²) in [6.07, 6.45) is 0. The minimum atomic E-state index is 1.11. The Balaban J connectivity index is 0.00000190. The minimum Gasteiger partial charge on any atom is -0.310 e. The number of nitrogens with zero attached hydrogens (tertiary/aromatic N) is 1. The molecule has 1 aromatic heterocycles. The van der Waals surface area contributed by atoms with Crippen molar-refractivity contribution in [1.29, 1.82) is 0 Å². The third kappa shape index (κ3) is 6.41. The van der Waals surface area contributed by atoms with Crippen molar-refractivity contribution in [3.63, 3.8) is 0 Å². The highest BCUT2D eigenvalue weighted by Crippen LogP contribution is 2.47. The number of benzene rings is 8. The second-order valence-electron chi connectivity index (χ2n) is 12.5. The SMILES string of the molecule is CC.c1ccc(-c2ccc(-c3ccc(N(c4ccccc4)c4cc(-c5ccccc5)ccc4-c4cccc5sc6ccccc6c45)cc3)cc2)cc1. The first-order chi connectivity index (χ1) is 25.8. The van der Waals surface area contributed by atoms with E-state index in [4.69, 9.17) is 0 Å². The molecular formula is C50H39NS. The van der Waals surface area contributed by atoms with E-state index in [1.54, 1.807) is 0 Å². The Morgan fingerprint density at radius 3 is 1.44 bits per heavy atom. The zero-order valence-corrected chi connectivity index (χ0v) is 30.2. The zero-order chi connectivity index (χ0) is 35.3. The van der Waals surface area contributed by atoms with Crippen molar-refractivity contribution in [2.75, 3.05) is 4.90 Å². The van der Waals surface area contributed by atoms with Gasteiger partial charge in [0.15, 0.2) is 0 Å². The molecule has 0 radical (unpaired) electrons. The van der Waals surface area contributed by atoms with Gasteiger partial charge in [-0.25, -0.2) is 0 Å². The molecule has 0 aliphatic rings. The second kappa shape index (κ2) is 14.9. The molecule has 9 aromatic rings. The fourth-order valence-electron chi connectivity index (χ4n) is 7.05. The highest BCUT2D eigenvalue weighted by Gasteiger charge is 2.21. The highest BCUT2D eigenvalue weighted by molar-refractivity contribution is 7.25. The summed E-state index contributed by atoms with van der Waals surface area (Å²) >= 11 is 1.86. The summed E-state index contributed by atoms with van der Waals surface area (Å²) in [7, 11) is 0. The van der Waals surface area contributed by atoms with Crippen LogP contribution in [0.4, 0.5) is 17.1 Å². The molecule has 0 N–H and O–H groups in total. The average molecular weight is 686 g/mol. The number of rotatable bonds is 7. The van der Waals surface area contributed by atoms with Crippen molar-refractivity contribution >= 4 is 48.6 Å². The van der Waals surface area contributed by atoms with Crippen LogP contribution in [-0.2, 0) is 0 Å². The summed E-state index contributed by atoms with van der Waals surface area (Å²) in [4.78, 5) is 2.41. The topological polar surface area (TPSA) is 3.24 Å². The highest BCUT2D eigenvalue weighted by atomic mass is 32.1. The van der Waals surface area contributed by atoms with Gasteiger partial charge in [-0.1, -0.05) is 172 Å². The van der Waals surface area contributed by atoms with E-state index in [1.165, 1.54) is 64.7 Å². The maximum absolute atomic E-state index is 2.41. The van der Waals surface area contributed by atoms with Crippen molar-refractivity contribution in [3.8, 4) is 44.5 Å². The molecule has 0 bridgehead atoms. The first kappa shape index (κ1) is 33.0. The van der Waals surface area contributed by atoms with Crippen LogP contribution in [0.5, 0.6) is 0 Å². The molecule has 0 atom stereocenters. The van der Waals surface area contributed by atoms with Gasteiger partial charge in [-0.15, -0.1) is 11.3 Å². The van der Waals surface area contributed by atoms with Crippen LogP contribution in [0.25, 0.3) is 64.7 Å². The molecule has 2 heteroatoms. The summed E-state index contributed by atoms with van der Waals surface area (Å²) in [5, 5.41) is 2.61. The molecule has 250 valence electrons.